The third-order valence-corrected chi connectivity index (χ3v) is 5.13. The fraction of sp³-hybridized carbons (Fsp3) is 0.417. The maximum Gasteiger partial charge on any atom is 0.242 e. The molecule has 1 atom stereocenters. The lowest BCUT2D eigenvalue weighted by atomic mass is 9.86. The number of carbonyl (C=O) groups is 2. The molecule has 5 heteroatoms. The average Bonchev–Trinajstić information content (AvgIpc) is 2.70. The van der Waals surface area contributed by atoms with Crippen molar-refractivity contribution in [3.63, 3.8) is 0 Å². The number of halogens is 1. The van der Waals surface area contributed by atoms with Gasteiger partial charge in [-0.3, -0.25) is 9.59 Å². The second-order valence-electron chi connectivity index (χ2n) is 8.39. The topological polar surface area (TPSA) is 49.4 Å². The average molecular weight is 399 g/mol. The summed E-state index contributed by atoms with van der Waals surface area (Å²) >= 11 is 0. The number of hydrogen-bond acceptors (Lipinski definition) is 2. The summed E-state index contributed by atoms with van der Waals surface area (Å²) in [5.74, 6) is -0.662. The highest BCUT2D eigenvalue weighted by Crippen LogP contribution is 2.22. The summed E-state index contributed by atoms with van der Waals surface area (Å²) in [7, 11) is 1.55. The highest BCUT2D eigenvalue weighted by molar-refractivity contribution is 5.87. The number of nitrogens with zero attached hydrogens (tertiary/aromatic N) is 1. The van der Waals surface area contributed by atoms with Crippen molar-refractivity contribution < 1.29 is 14.0 Å². The highest BCUT2D eigenvalue weighted by Gasteiger charge is 2.25. The first kappa shape index (κ1) is 22.6. The van der Waals surface area contributed by atoms with Gasteiger partial charge in [-0.05, 0) is 47.6 Å². The summed E-state index contributed by atoms with van der Waals surface area (Å²) in [6.07, 6.45) is 0.904. The molecule has 1 N–H and O–H groups in total. The first-order valence-electron chi connectivity index (χ1n) is 9.96. The molecule has 0 heterocycles. The molecule has 0 saturated heterocycles. The summed E-state index contributed by atoms with van der Waals surface area (Å²) in [4.78, 5) is 26.6. The molecule has 0 aromatic heterocycles. The molecule has 0 spiro atoms. The second kappa shape index (κ2) is 9.68. The summed E-state index contributed by atoms with van der Waals surface area (Å²) in [5, 5.41) is 2.60. The van der Waals surface area contributed by atoms with E-state index in [0.717, 1.165) is 11.1 Å². The number of carbonyl (C=O) groups excluding carboxylic acids is 2. The van der Waals surface area contributed by atoms with Crippen LogP contribution in [0.25, 0.3) is 0 Å². The number of amides is 2. The monoisotopic (exact) mass is 398 g/mol. The fourth-order valence-corrected chi connectivity index (χ4v) is 3.14. The zero-order valence-corrected chi connectivity index (χ0v) is 18.0. The lowest BCUT2D eigenvalue weighted by molar-refractivity contribution is -0.140. The minimum Gasteiger partial charge on any atom is -0.357 e. The van der Waals surface area contributed by atoms with E-state index in [-0.39, 0.29) is 29.6 Å². The van der Waals surface area contributed by atoms with Crippen LogP contribution in [0.4, 0.5) is 4.39 Å². The SMILES string of the molecule is CNC(=O)[C@@H](C)N(Cc1ccc(F)cc1)C(=O)CCc1ccc(C(C)(C)C)cc1. The zero-order valence-electron chi connectivity index (χ0n) is 18.0. The minimum atomic E-state index is -0.610. The van der Waals surface area contributed by atoms with E-state index in [9.17, 15) is 14.0 Å². The van der Waals surface area contributed by atoms with Gasteiger partial charge in [0.2, 0.25) is 11.8 Å². The van der Waals surface area contributed by atoms with Crippen LogP contribution in [0, 0.1) is 5.82 Å². The summed E-state index contributed by atoms with van der Waals surface area (Å²) < 4.78 is 13.2. The number of hydrogen-bond donors (Lipinski definition) is 1. The lowest BCUT2D eigenvalue weighted by Gasteiger charge is -2.28. The Morgan fingerprint density at radius 3 is 2.07 bits per heavy atom. The second-order valence-corrected chi connectivity index (χ2v) is 8.39. The van der Waals surface area contributed by atoms with Gasteiger partial charge in [0, 0.05) is 20.0 Å². The lowest BCUT2D eigenvalue weighted by Crippen LogP contribution is -2.46. The van der Waals surface area contributed by atoms with E-state index in [2.05, 4.69) is 50.4 Å². The molecular weight excluding hydrogens is 367 g/mol. The van der Waals surface area contributed by atoms with Crippen molar-refractivity contribution >= 4 is 11.8 Å². The number of nitrogens with one attached hydrogen (secondary N) is 1. The van der Waals surface area contributed by atoms with Crippen LogP contribution in [0.5, 0.6) is 0 Å². The van der Waals surface area contributed by atoms with E-state index >= 15 is 0 Å². The number of likely N-dealkylation sites (N-methyl/N-ethyl adjacent to an activating group) is 1. The molecular formula is C24H31FN2O2. The molecule has 0 bridgehead atoms. The van der Waals surface area contributed by atoms with Crippen LogP contribution in [-0.2, 0) is 28.0 Å². The van der Waals surface area contributed by atoms with Crippen LogP contribution in [0.1, 0.15) is 50.8 Å². The fourth-order valence-electron chi connectivity index (χ4n) is 3.14. The van der Waals surface area contributed by atoms with Gasteiger partial charge in [0.05, 0.1) is 0 Å². The molecule has 2 amide bonds. The Bertz CT molecular complexity index is 823. The summed E-state index contributed by atoms with van der Waals surface area (Å²) in [5.41, 5.74) is 3.20. The van der Waals surface area contributed by atoms with Gasteiger partial charge in [-0.15, -0.1) is 0 Å². The van der Waals surface area contributed by atoms with Gasteiger partial charge in [-0.1, -0.05) is 57.2 Å². The molecule has 0 radical (unpaired) electrons. The van der Waals surface area contributed by atoms with Gasteiger partial charge < -0.3 is 10.2 Å². The highest BCUT2D eigenvalue weighted by atomic mass is 19.1. The quantitative estimate of drug-likeness (QED) is 0.759. The molecule has 0 unspecified atom stereocenters. The van der Waals surface area contributed by atoms with Gasteiger partial charge >= 0.3 is 0 Å². The Hall–Kier alpha value is -2.69. The van der Waals surface area contributed by atoms with Crippen LogP contribution in [-0.4, -0.2) is 29.8 Å². The maximum absolute atomic E-state index is 13.2. The van der Waals surface area contributed by atoms with E-state index in [0.29, 0.717) is 12.8 Å². The van der Waals surface area contributed by atoms with Gasteiger partial charge in [0.1, 0.15) is 11.9 Å². The molecule has 0 aliphatic carbocycles. The van der Waals surface area contributed by atoms with Crippen molar-refractivity contribution in [2.45, 2.75) is 58.5 Å². The Morgan fingerprint density at radius 1 is 1.00 bits per heavy atom. The third kappa shape index (κ3) is 6.41. The van der Waals surface area contributed by atoms with Crippen molar-refractivity contribution in [3.8, 4) is 0 Å². The number of aryl methyl sites for hydroxylation is 1. The molecule has 0 aliphatic heterocycles. The number of rotatable bonds is 7. The van der Waals surface area contributed by atoms with Crippen LogP contribution >= 0.6 is 0 Å². The van der Waals surface area contributed by atoms with Crippen molar-refractivity contribution in [2.75, 3.05) is 7.05 Å². The van der Waals surface area contributed by atoms with Crippen LogP contribution in [0.2, 0.25) is 0 Å². The van der Waals surface area contributed by atoms with Crippen molar-refractivity contribution in [2.24, 2.45) is 0 Å². The largest absolute Gasteiger partial charge is 0.357 e. The Morgan fingerprint density at radius 2 is 1.55 bits per heavy atom. The molecule has 2 rings (SSSR count). The predicted octanol–water partition coefficient (Wildman–Crippen LogP) is 4.22. The van der Waals surface area contributed by atoms with Crippen molar-refractivity contribution in [1.29, 1.82) is 0 Å². The first-order valence-corrected chi connectivity index (χ1v) is 9.96. The molecule has 0 fully saturated rings. The van der Waals surface area contributed by atoms with Crippen LogP contribution in [0.3, 0.4) is 0 Å². The molecule has 156 valence electrons. The standard InChI is InChI=1S/C24H31FN2O2/c1-17(23(29)26-5)27(16-19-8-13-21(25)14-9-19)22(28)15-10-18-6-11-20(12-7-18)24(2,3)4/h6-9,11-14,17H,10,15-16H2,1-5H3,(H,26,29)/t17-/m1/s1. The zero-order chi connectivity index (χ0) is 21.6. The Kier molecular flexibility index (Phi) is 7.54. The van der Waals surface area contributed by atoms with E-state index in [4.69, 9.17) is 0 Å². The first-order chi connectivity index (χ1) is 13.6. The van der Waals surface area contributed by atoms with Crippen LogP contribution < -0.4 is 5.32 Å². The summed E-state index contributed by atoms with van der Waals surface area (Å²) in [6, 6.07) is 13.7. The van der Waals surface area contributed by atoms with Gasteiger partial charge in [-0.25, -0.2) is 4.39 Å². The van der Waals surface area contributed by atoms with E-state index in [1.54, 1.807) is 31.0 Å². The minimum absolute atomic E-state index is 0.0866. The molecule has 2 aromatic rings. The van der Waals surface area contributed by atoms with Gasteiger partial charge in [0.25, 0.3) is 0 Å². The smallest absolute Gasteiger partial charge is 0.242 e. The van der Waals surface area contributed by atoms with Crippen molar-refractivity contribution in [3.05, 3.63) is 71.0 Å². The van der Waals surface area contributed by atoms with Crippen LogP contribution in [0.15, 0.2) is 48.5 Å². The molecule has 4 nitrogen and oxygen atoms in total. The van der Waals surface area contributed by atoms with Crippen molar-refractivity contribution in [1.82, 2.24) is 10.2 Å². The van der Waals surface area contributed by atoms with E-state index < -0.39 is 6.04 Å². The van der Waals surface area contributed by atoms with Gasteiger partial charge in [-0.2, -0.15) is 0 Å². The Balaban J connectivity index is 2.10. The third-order valence-electron chi connectivity index (χ3n) is 5.13. The Labute approximate surface area is 173 Å². The molecule has 2 aromatic carbocycles. The molecule has 29 heavy (non-hydrogen) atoms. The summed E-state index contributed by atoms with van der Waals surface area (Å²) in [6.45, 7) is 8.46. The van der Waals surface area contributed by atoms with E-state index in [1.165, 1.54) is 17.7 Å². The normalized spacial score (nSPS) is 12.3. The van der Waals surface area contributed by atoms with Gasteiger partial charge in [0.15, 0.2) is 0 Å². The predicted molar refractivity (Wildman–Crippen MR) is 114 cm³/mol. The molecule has 0 aliphatic rings. The molecule has 0 saturated carbocycles. The maximum atomic E-state index is 13.2. The van der Waals surface area contributed by atoms with E-state index in [1.807, 2.05) is 0 Å². The number of benzene rings is 2.